The smallest absolute Gasteiger partial charge is 0.153 e. The molecular formula is C5H5OP. The molecule has 1 nitrogen and oxygen atoms in total. The second-order valence-corrected chi connectivity index (χ2v) is 2.44. The zero-order valence-electron chi connectivity index (χ0n) is 3.72. The average Bonchev–Trinajstić information content (AvgIpc) is 2.14. The first kappa shape index (κ1) is 4.61. The Morgan fingerprint density at radius 2 is 2.57 bits per heavy atom. The van der Waals surface area contributed by atoms with E-state index in [0.29, 0.717) is 8.19 Å². The molecule has 0 aromatic carbocycles. The minimum Gasteiger partial charge on any atom is -0.298 e. The molecule has 1 unspecified atom stereocenters. The Bertz CT molecular complexity index is 143. The Balaban J connectivity index is 2.96. The molecular weight excluding hydrogens is 107 g/mol. The van der Waals surface area contributed by atoms with Crippen molar-refractivity contribution in [3.8, 4) is 0 Å². The number of hydrogen-bond donors (Lipinski definition) is 0. The zero-order valence-corrected chi connectivity index (χ0v) is 4.72. The molecule has 0 amide bonds. The maximum absolute atomic E-state index is 9.91. The van der Waals surface area contributed by atoms with Crippen molar-refractivity contribution in [1.29, 1.82) is 0 Å². The third-order valence-electron chi connectivity index (χ3n) is 0.749. The van der Waals surface area contributed by atoms with E-state index < -0.39 is 0 Å². The monoisotopic (exact) mass is 112 g/mol. The van der Waals surface area contributed by atoms with Crippen molar-refractivity contribution >= 4 is 14.5 Å². The molecule has 0 aliphatic carbocycles. The number of carbonyl (C=O) groups is 1. The van der Waals surface area contributed by atoms with Gasteiger partial charge in [0.25, 0.3) is 0 Å². The number of hydrogen-bond acceptors (Lipinski definition) is 1. The van der Waals surface area contributed by atoms with Gasteiger partial charge in [-0.2, -0.15) is 0 Å². The molecule has 0 radical (unpaired) electrons. The van der Waals surface area contributed by atoms with Crippen LogP contribution in [0.15, 0.2) is 17.9 Å². The summed E-state index contributed by atoms with van der Waals surface area (Å²) in [7, 11) is 0.612. The van der Waals surface area contributed by atoms with Gasteiger partial charge in [0.05, 0.1) is 0 Å². The fourth-order valence-corrected chi connectivity index (χ4v) is 1.06. The Morgan fingerprint density at radius 1 is 1.71 bits per heavy atom. The summed E-state index contributed by atoms with van der Waals surface area (Å²) in [4.78, 5) is 9.91. The lowest BCUT2D eigenvalue weighted by molar-refractivity contribution is 0.112. The molecule has 1 rings (SSSR count). The number of carbonyl (C=O) groups excluding carboxylic acids is 1. The summed E-state index contributed by atoms with van der Waals surface area (Å²) in [5.74, 6) is 1.99. The van der Waals surface area contributed by atoms with Gasteiger partial charge < -0.3 is 0 Å². The first-order valence-corrected chi connectivity index (χ1v) is 3.10. The van der Waals surface area contributed by atoms with Crippen LogP contribution < -0.4 is 0 Å². The van der Waals surface area contributed by atoms with Gasteiger partial charge in [-0.3, -0.25) is 4.79 Å². The molecule has 1 heterocycles. The molecule has 0 aliphatic heterocycles. The Kier molecular flexibility index (Phi) is 1.28. The van der Waals surface area contributed by atoms with Gasteiger partial charge in [-0.1, -0.05) is 6.07 Å². The van der Waals surface area contributed by atoms with Gasteiger partial charge in [0, 0.05) is 5.30 Å². The van der Waals surface area contributed by atoms with Crippen LogP contribution in [-0.2, 0) is 0 Å². The summed E-state index contributed by atoms with van der Waals surface area (Å²) in [5.41, 5.74) is 0. The Morgan fingerprint density at radius 3 is 2.86 bits per heavy atom. The van der Waals surface area contributed by atoms with Crippen LogP contribution in [0.3, 0.4) is 0 Å². The van der Waals surface area contributed by atoms with Gasteiger partial charge in [-0.05, 0) is 11.9 Å². The fourth-order valence-electron chi connectivity index (χ4n) is 0.418. The maximum Gasteiger partial charge on any atom is 0.153 e. The molecule has 1 atom stereocenters. The fraction of sp³-hybridized carbons (Fsp3) is 0. The lowest BCUT2D eigenvalue weighted by Crippen LogP contribution is -1.60. The molecule has 7 heavy (non-hydrogen) atoms. The highest BCUT2D eigenvalue weighted by Crippen LogP contribution is 2.10. The first-order valence-electron chi connectivity index (χ1n) is 2.02. The predicted molar refractivity (Wildman–Crippen MR) is 31.3 cm³/mol. The van der Waals surface area contributed by atoms with Crippen molar-refractivity contribution < 1.29 is 4.79 Å². The van der Waals surface area contributed by atoms with Crippen molar-refractivity contribution in [3.05, 3.63) is 23.2 Å². The third kappa shape index (κ3) is 0.908. The topological polar surface area (TPSA) is 17.1 Å². The summed E-state index contributed by atoms with van der Waals surface area (Å²) in [6, 6.07) is 3.74. The highest BCUT2D eigenvalue weighted by atomic mass is 31.0. The van der Waals surface area contributed by atoms with Crippen LogP contribution in [0.5, 0.6) is 0 Å². The Labute approximate surface area is 43.4 Å². The normalized spacial score (nSPS) is 9.71. The van der Waals surface area contributed by atoms with E-state index >= 15 is 0 Å². The van der Waals surface area contributed by atoms with Crippen LogP contribution in [-0.4, -0.2) is 6.29 Å². The molecule has 0 aliphatic rings. The van der Waals surface area contributed by atoms with Gasteiger partial charge in [-0.15, -0.1) is 8.19 Å². The second kappa shape index (κ2) is 1.94. The first-order chi connectivity index (χ1) is 3.43. The van der Waals surface area contributed by atoms with E-state index in [9.17, 15) is 4.79 Å². The summed E-state index contributed by atoms with van der Waals surface area (Å²) in [6.07, 6.45) is 0.901. The minimum absolute atomic E-state index is 0.612. The second-order valence-electron chi connectivity index (χ2n) is 1.24. The van der Waals surface area contributed by atoms with Gasteiger partial charge in [-0.25, -0.2) is 0 Å². The minimum atomic E-state index is 0.612. The molecule has 36 valence electrons. The lowest BCUT2D eigenvalue weighted by atomic mass is 10.5. The quantitative estimate of drug-likeness (QED) is 0.503. The molecule has 1 aromatic heterocycles. The van der Waals surface area contributed by atoms with Crippen molar-refractivity contribution in [2.24, 2.45) is 0 Å². The highest BCUT2D eigenvalue weighted by molar-refractivity contribution is 7.31. The van der Waals surface area contributed by atoms with E-state index in [0.717, 1.165) is 11.6 Å². The number of aldehydes is 1. The van der Waals surface area contributed by atoms with Crippen LogP contribution in [0.1, 0.15) is 10.1 Å². The van der Waals surface area contributed by atoms with Crippen LogP contribution >= 0.6 is 8.19 Å². The molecule has 0 spiro atoms. The van der Waals surface area contributed by atoms with Gasteiger partial charge in [0.1, 0.15) is 0 Å². The van der Waals surface area contributed by atoms with E-state index in [-0.39, 0.29) is 0 Å². The van der Waals surface area contributed by atoms with Crippen LogP contribution in [0, 0.1) is 0 Å². The molecule has 0 fully saturated rings. The number of rotatable bonds is 1. The lowest BCUT2D eigenvalue weighted by Gasteiger charge is -1.67. The zero-order chi connectivity index (χ0) is 5.11. The van der Waals surface area contributed by atoms with E-state index in [1.807, 2.05) is 17.9 Å². The summed E-state index contributed by atoms with van der Waals surface area (Å²) in [5, 5.41) is 0.903. The summed E-state index contributed by atoms with van der Waals surface area (Å²) >= 11 is 0. The van der Waals surface area contributed by atoms with E-state index in [1.165, 1.54) is 0 Å². The Hall–Kier alpha value is -0.550. The van der Waals surface area contributed by atoms with Gasteiger partial charge >= 0.3 is 0 Å². The molecule has 0 N–H and O–H groups in total. The highest BCUT2D eigenvalue weighted by Gasteiger charge is 1.81. The molecule has 0 saturated carbocycles. The van der Waals surface area contributed by atoms with Gasteiger partial charge in [0.15, 0.2) is 6.29 Å². The van der Waals surface area contributed by atoms with E-state index in [2.05, 4.69) is 0 Å². The van der Waals surface area contributed by atoms with Gasteiger partial charge in [0.2, 0.25) is 0 Å². The maximum atomic E-state index is 9.91. The van der Waals surface area contributed by atoms with E-state index in [1.54, 1.807) is 0 Å². The van der Waals surface area contributed by atoms with Crippen LogP contribution in [0.2, 0.25) is 0 Å². The van der Waals surface area contributed by atoms with Crippen LogP contribution in [0.4, 0.5) is 0 Å². The summed E-state index contributed by atoms with van der Waals surface area (Å²) in [6.45, 7) is 0. The molecule has 1 aromatic rings. The van der Waals surface area contributed by atoms with Crippen molar-refractivity contribution in [2.45, 2.75) is 0 Å². The largest absolute Gasteiger partial charge is 0.298 e. The molecule has 0 bridgehead atoms. The van der Waals surface area contributed by atoms with E-state index in [4.69, 9.17) is 0 Å². The standard InChI is InChI=1S/C5H5OP/c6-4-5-2-1-3-7-5/h1-4,7H. The molecule has 0 saturated heterocycles. The van der Waals surface area contributed by atoms with Crippen LogP contribution in [0.25, 0.3) is 0 Å². The van der Waals surface area contributed by atoms with Crippen molar-refractivity contribution in [2.75, 3.05) is 0 Å². The van der Waals surface area contributed by atoms with Crippen molar-refractivity contribution in [3.63, 3.8) is 0 Å². The average molecular weight is 112 g/mol. The van der Waals surface area contributed by atoms with Crippen molar-refractivity contribution in [1.82, 2.24) is 0 Å². The molecule has 2 heteroatoms. The predicted octanol–water partition coefficient (Wildman–Crippen LogP) is 1.53. The SMILES string of the molecule is O=Cc1ccc[pH]1. The summed E-state index contributed by atoms with van der Waals surface area (Å²) < 4.78 is 0. The third-order valence-corrected chi connectivity index (χ3v) is 1.73.